The number of nitrogens with two attached hydrogens (primary N) is 1. The van der Waals surface area contributed by atoms with E-state index in [1.165, 1.54) is 0 Å². The zero-order valence-corrected chi connectivity index (χ0v) is 11.7. The van der Waals surface area contributed by atoms with E-state index in [2.05, 4.69) is 15.3 Å². The Labute approximate surface area is 113 Å². The lowest BCUT2D eigenvalue weighted by molar-refractivity contribution is -0.0127. The topological polar surface area (TPSA) is 82.3 Å². The summed E-state index contributed by atoms with van der Waals surface area (Å²) in [5, 5.41) is 3.32. The van der Waals surface area contributed by atoms with E-state index in [-0.39, 0.29) is 18.2 Å². The third kappa shape index (κ3) is 3.33. The Morgan fingerprint density at radius 1 is 1.37 bits per heavy atom. The number of ether oxygens (including phenoxy) is 2. The van der Waals surface area contributed by atoms with E-state index in [1.807, 2.05) is 20.8 Å². The van der Waals surface area contributed by atoms with Crippen molar-refractivity contribution in [1.29, 1.82) is 0 Å². The molecule has 0 amide bonds. The molecule has 1 aliphatic rings. The van der Waals surface area contributed by atoms with Crippen LogP contribution >= 0.6 is 0 Å². The molecule has 0 spiro atoms. The van der Waals surface area contributed by atoms with Gasteiger partial charge in [-0.1, -0.05) is 0 Å². The molecule has 6 nitrogen and oxygen atoms in total. The zero-order chi connectivity index (χ0) is 13.8. The number of aryl methyl sites for hydroxylation is 1. The Morgan fingerprint density at radius 3 is 2.79 bits per heavy atom. The number of anilines is 1. The van der Waals surface area contributed by atoms with Crippen LogP contribution in [0.15, 0.2) is 6.07 Å². The maximum Gasteiger partial charge on any atom is 0.218 e. The molecule has 3 N–H and O–H groups in total. The van der Waals surface area contributed by atoms with E-state index in [0.29, 0.717) is 24.9 Å². The predicted molar refractivity (Wildman–Crippen MR) is 73.4 cm³/mol. The van der Waals surface area contributed by atoms with Crippen LogP contribution < -0.4 is 15.8 Å². The van der Waals surface area contributed by atoms with Gasteiger partial charge >= 0.3 is 0 Å². The summed E-state index contributed by atoms with van der Waals surface area (Å²) in [6.45, 7) is 7.04. The Morgan fingerprint density at radius 2 is 2.16 bits per heavy atom. The summed E-state index contributed by atoms with van der Waals surface area (Å²) in [6.07, 6.45) is 1.04. The number of hydrogen-bond acceptors (Lipinski definition) is 6. The van der Waals surface area contributed by atoms with E-state index in [4.69, 9.17) is 15.2 Å². The van der Waals surface area contributed by atoms with E-state index in [9.17, 15) is 0 Å². The molecule has 3 atom stereocenters. The molecular formula is C13H22N4O2. The normalized spacial score (nSPS) is 25.8. The van der Waals surface area contributed by atoms with Gasteiger partial charge in [0, 0.05) is 18.7 Å². The van der Waals surface area contributed by atoms with Crippen LogP contribution in [-0.2, 0) is 4.74 Å². The molecular weight excluding hydrogens is 244 g/mol. The number of rotatable bonds is 6. The van der Waals surface area contributed by atoms with E-state index in [1.54, 1.807) is 6.07 Å². The fraction of sp³-hybridized carbons (Fsp3) is 0.692. The minimum absolute atomic E-state index is 0.0994. The minimum atomic E-state index is 0.0994. The Hall–Kier alpha value is -1.40. The summed E-state index contributed by atoms with van der Waals surface area (Å²) in [4.78, 5) is 8.57. The van der Waals surface area contributed by atoms with Crippen molar-refractivity contribution in [2.45, 2.75) is 45.4 Å². The van der Waals surface area contributed by atoms with Gasteiger partial charge in [0.15, 0.2) is 0 Å². The highest BCUT2D eigenvalue weighted by Crippen LogP contribution is 2.26. The average molecular weight is 266 g/mol. The lowest BCUT2D eigenvalue weighted by atomic mass is 9.83. The monoisotopic (exact) mass is 266 g/mol. The van der Waals surface area contributed by atoms with Crippen LogP contribution in [0.4, 0.5) is 5.82 Å². The van der Waals surface area contributed by atoms with Crippen LogP contribution in [0, 0.1) is 6.92 Å². The molecule has 0 saturated heterocycles. The first-order chi connectivity index (χ1) is 9.13. The van der Waals surface area contributed by atoms with Crippen molar-refractivity contribution in [2.24, 2.45) is 5.73 Å². The van der Waals surface area contributed by atoms with Crippen LogP contribution in [0.5, 0.6) is 5.88 Å². The maximum atomic E-state index is 6.01. The molecule has 1 saturated carbocycles. The zero-order valence-electron chi connectivity index (χ0n) is 11.7. The van der Waals surface area contributed by atoms with Crippen molar-refractivity contribution in [2.75, 3.05) is 18.5 Å². The average Bonchev–Trinajstić information content (AvgIpc) is 2.36. The fourth-order valence-corrected chi connectivity index (χ4v) is 2.23. The van der Waals surface area contributed by atoms with Gasteiger partial charge in [-0.15, -0.1) is 0 Å². The number of nitrogens with zero attached hydrogens (tertiary/aromatic N) is 2. The van der Waals surface area contributed by atoms with Crippen molar-refractivity contribution >= 4 is 5.82 Å². The van der Waals surface area contributed by atoms with Crippen LogP contribution in [-0.4, -0.2) is 41.4 Å². The number of aromatic nitrogens is 2. The molecule has 2 rings (SSSR count). The molecule has 106 valence electrons. The summed E-state index contributed by atoms with van der Waals surface area (Å²) in [6, 6.07) is 2.00. The molecule has 1 aliphatic carbocycles. The second-order valence-electron chi connectivity index (χ2n) is 4.64. The van der Waals surface area contributed by atoms with Gasteiger partial charge in [-0.2, -0.15) is 4.98 Å². The van der Waals surface area contributed by atoms with Crippen molar-refractivity contribution in [1.82, 2.24) is 9.97 Å². The molecule has 6 heteroatoms. The van der Waals surface area contributed by atoms with Gasteiger partial charge in [-0.3, -0.25) is 0 Å². The number of hydrogen-bond donors (Lipinski definition) is 2. The highest BCUT2D eigenvalue weighted by Gasteiger charge is 2.39. The van der Waals surface area contributed by atoms with Gasteiger partial charge < -0.3 is 20.5 Å². The van der Waals surface area contributed by atoms with Crippen molar-refractivity contribution in [3.8, 4) is 5.88 Å². The standard InChI is InChI=1S/C13H22N4O2/c1-4-18-10-6-9(14)13(10)17-11-7-12(19-5-2)16-8(3)15-11/h7,9-10,13H,4-6,14H2,1-3H3,(H,15,16,17). The Kier molecular flexibility index (Phi) is 4.55. The second kappa shape index (κ2) is 6.16. The molecule has 1 aromatic rings. The first kappa shape index (κ1) is 14.0. The molecule has 1 aromatic heterocycles. The molecule has 0 radical (unpaired) electrons. The first-order valence-electron chi connectivity index (χ1n) is 6.76. The highest BCUT2D eigenvalue weighted by atomic mass is 16.5. The van der Waals surface area contributed by atoms with E-state index in [0.717, 1.165) is 12.2 Å². The quantitative estimate of drug-likeness (QED) is 0.802. The van der Waals surface area contributed by atoms with Crippen LogP contribution in [0.25, 0.3) is 0 Å². The predicted octanol–water partition coefficient (Wildman–Crippen LogP) is 1.10. The van der Waals surface area contributed by atoms with Gasteiger partial charge in [0.2, 0.25) is 5.88 Å². The molecule has 19 heavy (non-hydrogen) atoms. The van der Waals surface area contributed by atoms with Gasteiger partial charge in [-0.25, -0.2) is 4.98 Å². The summed E-state index contributed by atoms with van der Waals surface area (Å²) >= 11 is 0. The van der Waals surface area contributed by atoms with Crippen LogP contribution in [0.2, 0.25) is 0 Å². The molecule has 0 aliphatic heterocycles. The summed E-state index contributed by atoms with van der Waals surface area (Å²) < 4.78 is 11.0. The van der Waals surface area contributed by atoms with Crippen LogP contribution in [0.3, 0.4) is 0 Å². The van der Waals surface area contributed by atoms with Crippen molar-refractivity contribution in [3.63, 3.8) is 0 Å². The van der Waals surface area contributed by atoms with Gasteiger partial charge in [0.1, 0.15) is 11.6 Å². The molecule has 1 heterocycles. The SMILES string of the molecule is CCOc1cc(NC2C(N)CC2OCC)nc(C)n1. The lowest BCUT2D eigenvalue weighted by Crippen LogP contribution is -2.60. The third-order valence-electron chi connectivity index (χ3n) is 3.17. The minimum Gasteiger partial charge on any atom is -0.478 e. The molecule has 0 bridgehead atoms. The summed E-state index contributed by atoms with van der Waals surface area (Å²) in [7, 11) is 0. The highest BCUT2D eigenvalue weighted by molar-refractivity contribution is 5.41. The largest absolute Gasteiger partial charge is 0.478 e. The second-order valence-corrected chi connectivity index (χ2v) is 4.64. The summed E-state index contributed by atoms with van der Waals surface area (Å²) in [5.74, 6) is 1.99. The first-order valence-corrected chi connectivity index (χ1v) is 6.76. The van der Waals surface area contributed by atoms with Gasteiger partial charge in [0.05, 0.1) is 18.8 Å². The van der Waals surface area contributed by atoms with Gasteiger partial charge in [0.25, 0.3) is 0 Å². The maximum absolute atomic E-state index is 6.01. The smallest absolute Gasteiger partial charge is 0.218 e. The van der Waals surface area contributed by atoms with Gasteiger partial charge in [-0.05, 0) is 27.2 Å². The lowest BCUT2D eigenvalue weighted by Gasteiger charge is -2.42. The molecule has 3 unspecified atom stereocenters. The van der Waals surface area contributed by atoms with Crippen LogP contribution in [0.1, 0.15) is 26.1 Å². The van der Waals surface area contributed by atoms with E-state index < -0.39 is 0 Å². The van der Waals surface area contributed by atoms with Crippen molar-refractivity contribution in [3.05, 3.63) is 11.9 Å². The summed E-state index contributed by atoms with van der Waals surface area (Å²) in [5.41, 5.74) is 6.01. The molecule has 0 aromatic carbocycles. The Balaban J connectivity index is 2.05. The molecule has 1 fully saturated rings. The van der Waals surface area contributed by atoms with E-state index >= 15 is 0 Å². The van der Waals surface area contributed by atoms with Crippen molar-refractivity contribution < 1.29 is 9.47 Å². The third-order valence-corrected chi connectivity index (χ3v) is 3.17. The Bertz CT molecular complexity index is 425. The number of nitrogens with one attached hydrogen (secondary N) is 1. The fourth-order valence-electron chi connectivity index (χ4n) is 2.23.